The number of hydrogen-bond donors (Lipinski definition) is 1. The van der Waals surface area contributed by atoms with Crippen LogP contribution in [0.1, 0.15) is 12.0 Å². The van der Waals surface area contributed by atoms with Crippen molar-refractivity contribution in [2.24, 2.45) is 0 Å². The van der Waals surface area contributed by atoms with Crippen molar-refractivity contribution in [3.05, 3.63) is 60.3 Å². The Balaban J connectivity index is 1.08. The molecule has 1 atom stereocenters. The number of piperazine rings is 1. The first kappa shape index (κ1) is 27.8. The van der Waals surface area contributed by atoms with Crippen LogP contribution in [0.15, 0.2) is 54.7 Å². The smallest absolute Gasteiger partial charge is 0.315 e. The number of ether oxygens (including phenoxy) is 2. The van der Waals surface area contributed by atoms with E-state index in [4.69, 9.17) is 9.47 Å². The molecule has 3 aliphatic heterocycles. The Bertz CT molecular complexity index is 1450. The number of nitrogens with zero attached hydrogens (tertiary/aromatic N) is 6. The molecule has 218 valence electrons. The average Bonchev–Trinajstić information content (AvgIpc) is 3.45. The number of halogens is 2. The summed E-state index contributed by atoms with van der Waals surface area (Å²) in [6.07, 6.45) is -1.44. The van der Waals surface area contributed by atoms with Gasteiger partial charge in [0, 0.05) is 62.3 Å². The highest BCUT2D eigenvalue weighted by atomic mass is 19.3. The molecule has 12 heteroatoms. The van der Waals surface area contributed by atoms with Crippen LogP contribution in [0, 0.1) is 11.3 Å². The normalized spacial score (nSPS) is 19.4. The number of amides is 1. The summed E-state index contributed by atoms with van der Waals surface area (Å²) in [6.45, 7) is 6.01. The van der Waals surface area contributed by atoms with Gasteiger partial charge in [-0.2, -0.15) is 14.0 Å². The standard InChI is InChI=1S/C30H31F2N7O3/c31-28(32)30(40)39-10-8-25(17-39)42-26-6-1-20(15-21(26)16-33)29-34-9-7-27(36-29)35-22-2-4-23(5-3-22)37-11-13-38(14-12-37)24-18-41-19-24/h1-7,9,15,24-25,28H,8,10-14,17-19H2,(H,34,35,36)/t25-/m1/s1. The van der Waals surface area contributed by atoms with E-state index < -0.39 is 18.4 Å². The number of carbonyl (C=O) groups is 1. The number of hydrogen-bond acceptors (Lipinski definition) is 9. The molecule has 4 heterocycles. The Kier molecular flexibility index (Phi) is 8.12. The van der Waals surface area contributed by atoms with Crippen molar-refractivity contribution in [2.75, 3.05) is 62.7 Å². The van der Waals surface area contributed by atoms with E-state index >= 15 is 0 Å². The quantitative estimate of drug-likeness (QED) is 0.432. The number of likely N-dealkylation sites (tertiary alicyclic amines) is 1. The second-order valence-corrected chi connectivity index (χ2v) is 10.6. The predicted octanol–water partition coefficient (Wildman–Crippen LogP) is 3.52. The van der Waals surface area contributed by atoms with Crippen LogP contribution in [0.3, 0.4) is 0 Å². The zero-order chi connectivity index (χ0) is 29.1. The van der Waals surface area contributed by atoms with Crippen molar-refractivity contribution < 1.29 is 23.0 Å². The molecular weight excluding hydrogens is 544 g/mol. The fourth-order valence-corrected chi connectivity index (χ4v) is 5.45. The zero-order valence-corrected chi connectivity index (χ0v) is 23.0. The van der Waals surface area contributed by atoms with Crippen LogP contribution in [0.25, 0.3) is 11.4 Å². The van der Waals surface area contributed by atoms with Crippen LogP contribution in [-0.2, 0) is 9.53 Å². The third-order valence-corrected chi connectivity index (χ3v) is 7.91. The van der Waals surface area contributed by atoms with Gasteiger partial charge in [-0.1, -0.05) is 0 Å². The minimum absolute atomic E-state index is 0.0560. The van der Waals surface area contributed by atoms with Crippen LogP contribution in [0.5, 0.6) is 5.75 Å². The molecule has 0 radical (unpaired) electrons. The molecule has 10 nitrogen and oxygen atoms in total. The average molecular weight is 576 g/mol. The van der Waals surface area contributed by atoms with E-state index in [1.54, 1.807) is 30.5 Å². The van der Waals surface area contributed by atoms with Gasteiger partial charge in [-0.05, 0) is 48.5 Å². The summed E-state index contributed by atoms with van der Waals surface area (Å²) >= 11 is 0. The van der Waals surface area contributed by atoms with E-state index in [9.17, 15) is 18.8 Å². The fourth-order valence-electron chi connectivity index (χ4n) is 5.45. The molecule has 42 heavy (non-hydrogen) atoms. The Labute approximate surface area is 242 Å². The van der Waals surface area contributed by atoms with E-state index in [1.165, 1.54) is 5.69 Å². The van der Waals surface area contributed by atoms with E-state index in [0.29, 0.717) is 35.4 Å². The van der Waals surface area contributed by atoms with Crippen LogP contribution >= 0.6 is 0 Å². The molecule has 1 amide bonds. The van der Waals surface area contributed by atoms with Gasteiger partial charge in [0.1, 0.15) is 23.7 Å². The predicted molar refractivity (Wildman–Crippen MR) is 152 cm³/mol. The van der Waals surface area contributed by atoms with Crippen LogP contribution in [0.4, 0.5) is 26.0 Å². The molecule has 3 aromatic rings. The molecular formula is C30H31F2N7O3. The van der Waals surface area contributed by atoms with Gasteiger partial charge in [-0.25, -0.2) is 9.97 Å². The van der Waals surface area contributed by atoms with Crippen molar-refractivity contribution in [3.63, 3.8) is 0 Å². The Hall–Kier alpha value is -4.34. The molecule has 3 fully saturated rings. The maximum absolute atomic E-state index is 12.7. The van der Waals surface area contributed by atoms with E-state index in [0.717, 1.165) is 50.0 Å². The molecule has 2 aromatic carbocycles. The minimum Gasteiger partial charge on any atom is -0.487 e. The topological polar surface area (TPSA) is 107 Å². The number of nitrogens with one attached hydrogen (secondary N) is 1. The number of anilines is 3. The highest BCUT2D eigenvalue weighted by Crippen LogP contribution is 2.28. The second kappa shape index (κ2) is 12.3. The molecule has 1 N–H and O–H groups in total. The first-order valence-corrected chi connectivity index (χ1v) is 14.0. The lowest BCUT2D eigenvalue weighted by atomic mass is 10.1. The van der Waals surface area contributed by atoms with Crippen molar-refractivity contribution in [3.8, 4) is 23.2 Å². The third-order valence-electron chi connectivity index (χ3n) is 7.91. The molecule has 6 rings (SSSR count). The van der Waals surface area contributed by atoms with Crippen molar-refractivity contribution in [1.29, 1.82) is 5.26 Å². The van der Waals surface area contributed by atoms with Gasteiger partial charge in [-0.3, -0.25) is 9.69 Å². The van der Waals surface area contributed by atoms with Crippen molar-refractivity contribution >= 4 is 23.1 Å². The number of nitriles is 1. The van der Waals surface area contributed by atoms with Crippen molar-refractivity contribution in [1.82, 2.24) is 19.8 Å². The number of benzene rings is 2. The van der Waals surface area contributed by atoms with Gasteiger partial charge in [0.25, 0.3) is 5.91 Å². The summed E-state index contributed by atoms with van der Waals surface area (Å²) in [6, 6.07) is 17.8. The lowest BCUT2D eigenvalue weighted by Gasteiger charge is -2.43. The monoisotopic (exact) mass is 575 g/mol. The summed E-state index contributed by atoms with van der Waals surface area (Å²) in [7, 11) is 0. The van der Waals surface area contributed by atoms with E-state index in [1.807, 2.05) is 12.1 Å². The number of rotatable bonds is 8. The summed E-state index contributed by atoms with van der Waals surface area (Å²) < 4.78 is 36.7. The van der Waals surface area contributed by atoms with Crippen LogP contribution < -0.4 is 15.0 Å². The van der Waals surface area contributed by atoms with Gasteiger partial charge in [0.15, 0.2) is 5.82 Å². The Morgan fingerprint density at radius 3 is 2.55 bits per heavy atom. The third kappa shape index (κ3) is 6.12. The number of aromatic nitrogens is 2. The highest BCUT2D eigenvalue weighted by molar-refractivity contribution is 5.79. The second-order valence-electron chi connectivity index (χ2n) is 10.6. The number of alkyl halides is 2. The molecule has 0 spiro atoms. The Morgan fingerprint density at radius 2 is 1.86 bits per heavy atom. The molecule has 0 bridgehead atoms. The van der Waals surface area contributed by atoms with Gasteiger partial charge >= 0.3 is 6.43 Å². The molecule has 0 unspecified atom stereocenters. The number of carbonyl (C=O) groups excluding carboxylic acids is 1. The minimum atomic E-state index is -3.04. The van der Waals surface area contributed by atoms with Crippen LogP contribution in [-0.4, -0.2) is 96.7 Å². The molecule has 1 aromatic heterocycles. The maximum atomic E-state index is 12.7. The van der Waals surface area contributed by atoms with Crippen LogP contribution in [0.2, 0.25) is 0 Å². The van der Waals surface area contributed by atoms with E-state index in [-0.39, 0.29) is 18.7 Å². The Morgan fingerprint density at radius 1 is 1.07 bits per heavy atom. The fraction of sp³-hybridized carbons (Fsp3) is 0.400. The summed E-state index contributed by atoms with van der Waals surface area (Å²) in [4.78, 5) is 26.6. The van der Waals surface area contributed by atoms with Gasteiger partial charge in [0.2, 0.25) is 0 Å². The zero-order valence-electron chi connectivity index (χ0n) is 23.0. The molecule has 3 saturated heterocycles. The SMILES string of the molecule is N#Cc1cc(-c2nccc(Nc3ccc(N4CCN(C5COC5)CC4)cc3)n2)ccc1O[C@@H]1CCN(C(=O)C(F)F)C1. The van der Waals surface area contributed by atoms with Crippen molar-refractivity contribution in [2.45, 2.75) is 25.0 Å². The summed E-state index contributed by atoms with van der Waals surface area (Å²) in [5, 5.41) is 13.1. The summed E-state index contributed by atoms with van der Waals surface area (Å²) in [5.74, 6) is 0.166. The van der Waals surface area contributed by atoms with Gasteiger partial charge in [-0.15, -0.1) is 0 Å². The largest absolute Gasteiger partial charge is 0.487 e. The maximum Gasteiger partial charge on any atom is 0.315 e. The lowest BCUT2D eigenvalue weighted by Crippen LogP contribution is -2.56. The van der Waals surface area contributed by atoms with Gasteiger partial charge in [0.05, 0.1) is 31.4 Å². The van der Waals surface area contributed by atoms with Gasteiger partial charge < -0.3 is 24.6 Å². The van der Waals surface area contributed by atoms with E-state index in [2.05, 4.69) is 43.3 Å². The highest BCUT2D eigenvalue weighted by Gasteiger charge is 2.32. The molecule has 0 saturated carbocycles. The first-order chi connectivity index (χ1) is 20.5. The molecule has 0 aliphatic carbocycles. The summed E-state index contributed by atoms with van der Waals surface area (Å²) in [5.41, 5.74) is 2.98. The lowest BCUT2D eigenvalue weighted by molar-refractivity contribution is -0.141. The first-order valence-electron chi connectivity index (χ1n) is 14.0. The molecule has 3 aliphatic rings.